The number of phosphoric acid groups is 1. The zero-order valence-electron chi connectivity index (χ0n) is 6.18. The molecule has 11 heavy (non-hydrogen) atoms. The van der Waals surface area contributed by atoms with Gasteiger partial charge in [0.05, 0.1) is 0 Å². The molecule has 0 rings (SSSR count). The second-order valence-corrected chi connectivity index (χ2v) is 3.33. The average molecular weight is 183 g/mol. The molecule has 0 spiro atoms. The van der Waals surface area contributed by atoms with E-state index < -0.39 is 19.8 Å². The van der Waals surface area contributed by atoms with E-state index in [0.29, 0.717) is 0 Å². The highest BCUT2D eigenvalue weighted by atomic mass is 31.2. The van der Waals surface area contributed by atoms with E-state index in [1.807, 2.05) is 0 Å². The highest BCUT2D eigenvalue weighted by Crippen LogP contribution is 2.42. The molecule has 0 saturated carbocycles. The Morgan fingerprint density at radius 1 is 1.73 bits per heavy atom. The van der Waals surface area contributed by atoms with E-state index in [4.69, 9.17) is 10.6 Å². The van der Waals surface area contributed by atoms with Gasteiger partial charge in [-0.1, -0.05) is 0 Å². The lowest BCUT2D eigenvalue weighted by atomic mass is 10.4. The minimum Gasteiger partial charge on any atom is -0.369 e. The van der Waals surface area contributed by atoms with Crippen LogP contribution in [0.25, 0.3) is 0 Å². The molecular weight excluding hydrogens is 173 g/mol. The van der Waals surface area contributed by atoms with Gasteiger partial charge in [-0.3, -0.25) is 9.42 Å². The predicted molar refractivity (Wildman–Crippen MR) is 36.6 cm³/mol. The minimum absolute atomic E-state index is 0.939. The van der Waals surface area contributed by atoms with Gasteiger partial charge in [0.2, 0.25) is 0 Å². The third-order valence-electron chi connectivity index (χ3n) is 0.808. The van der Waals surface area contributed by atoms with Gasteiger partial charge in [0.15, 0.2) is 0 Å². The van der Waals surface area contributed by atoms with Crippen LogP contribution in [0.1, 0.15) is 6.92 Å². The number of hydrogen-bond acceptors (Lipinski definition) is 5. The second-order valence-electron chi connectivity index (χ2n) is 1.85. The quantitative estimate of drug-likeness (QED) is 0.579. The third-order valence-corrected chi connectivity index (χ3v) is 1.68. The fraction of sp³-hybridized carbons (Fsp3) is 0.750. The molecule has 0 heterocycles. The Balaban J connectivity index is 4.05. The van der Waals surface area contributed by atoms with Gasteiger partial charge in [-0.2, -0.15) is 0 Å². The van der Waals surface area contributed by atoms with Crippen molar-refractivity contribution in [1.82, 2.24) is 0 Å². The molecule has 3 N–H and O–H groups in total. The fourth-order valence-electron chi connectivity index (χ4n) is 0.234. The van der Waals surface area contributed by atoms with Crippen LogP contribution < -0.4 is 5.73 Å². The normalized spacial score (nSPS) is 18.5. The Labute approximate surface area is 63.9 Å². The van der Waals surface area contributed by atoms with E-state index in [1.165, 1.54) is 6.92 Å². The van der Waals surface area contributed by atoms with E-state index in [0.717, 1.165) is 7.11 Å². The maximum absolute atomic E-state index is 10.6. The number of nitrogens with two attached hydrogens (primary N) is 1. The van der Waals surface area contributed by atoms with Crippen LogP contribution in [0.5, 0.6) is 0 Å². The first-order valence-electron chi connectivity index (χ1n) is 2.76. The first kappa shape index (κ1) is 10.6. The molecule has 0 fully saturated rings. The number of rotatable bonds is 3. The van der Waals surface area contributed by atoms with Gasteiger partial charge in [-0.25, -0.2) is 9.36 Å². The molecule has 0 aromatic rings. The molecule has 2 atom stereocenters. The van der Waals surface area contributed by atoms with E-state index in [9.17, 15) is 9.36 Å². The van der Waals surface area contributed by atoms with Gasteiger partial charge < -0.3 is 10.3 Å². The lowest BCUT2D eigenvalue weighted by Crippen LogP contribution is -2.28. The topological polar surface area (TPSA) is 98.9 Å². The Kier molecular flexibility index (Phi) is 3.68. The van der Waals surface area contributed by atoms with Crippen LogP contribution in [0, 0.1) is 0 Å². The maximum atomic E-state index is 10.6. The molecule has 6 nitrogen and oxygen atoms in total. The number of phosphoric ester groups is 1. The van der Waals surface area contributed by atoms with Gasteiger partial charge >= 0.3 is 13.8 Å². The number of hydrogen-bond donors (Lipinski definition) is 2. The number of carbonyl (C=O) groups excluding carboxylic acids is 1. The standard InChI is InChI=1S/C4H10NO5P/c1-3(5)4(6)10-11(7,8)9-2/h3H,5H2,1-2H3,(H,7,8)/t3-/m0/s1. The van der Waals surface area contributed by atoms with Crippen LogP contribution in [0.3, 0.4) is 0 Å². The molecule has 1 unspecified atom stereocenters. The molecular formula is C4H10NO5P. The van der Waals surface area contributed by atoms with Crippen molar-refractivity contribution < 1.29 is 23.3 Å². The molecule has 0 amide bonds. The summed E-state index contributed by atoms with van der Waals surface area (Å²) in [5.41, 5.74) is 5.04. The monoisotopic (exact) mass is 183 g/mol. The summed E-state index contributed by atoms with van der Waals surface area (Å²) in [5, 5.41) is 0. The Bertz CT molecular complexity index is 191. The lowest BCUT2D eigenvalue weighted by molar-refractivity contribution is -0.136. The molecule has 0 aliphatic heterocycles. The second kappa shape index (κ2) is 3.82. The van der Waals surface area contributed by atoms with Crippen LogP contribution in [0.2, 0.25) is 0 Å². The summed E-state index contributed by atoms with van der Waals surface area (Å²) in [6, 6.07) is -0.939. The van der Waals surface area contributed by atoms with E-state index in [-0.39, 0.29) is 0 Å². The SMILES string of the molecule is COP(=O)(O)OC(=O)[C@H](C)N. The van der Waals surface area contributed by atoms with Gasteiger partial charge in [-0.05, 0) is 6.92 Å². The molecule has 0 aliphatic rings. The van der Waals surface area contributed by atoms with E-state index >= 15 is 0 Å². The van der Waals surface area contributed by atoms with Crippen molar-refractivity contribution in [2.24, 2.45) is 5.73 Å². The van der Waals surface area contributed by atoms with Crippen molar-refractivity contribution in [3.8, 4) is 0 Å². The molecule has 0 aromatic heterocycles. The van der Waals surface area contributed by atoms with Gasteiger partial charge in [0.25, 0.3) is 0 Å². The molecule has 7 heteroatoms. The Morgan fingerprint density at radius 2 is 2.18 bits per heavy atom. The zero-order chi connectivity index (χ0) is 9.07. The summed E-state index contributed by atoms with van der Waals surface area (Å²) in [6.45, 7) is 1.33. The predicted octanol–water partition coefficient (Wildman–Crippen LogP) is -0.376. The summed E-state index contributed by atoms with van der Waals surface area (Å²) in [4.78, 5) is 19.1. The molecule has 0 bridgehead atoms. The van der Waals surface area contributed by atoms with Crippen LogP contribution in [-0.2, 0) is 18.4 Å². The van der Waals surface area contributed by atoms with Gasteiger partial charge in [0, 0.05) is 7.11 Å². The van der Waals surface area contributed by atoms with Crippen molar-refractivity contribution in [2.75, 3.05) is 7.11 Å². The molecule has 0 aliphatic carbocycles. The molecule has 0 aromatic carbocycles. The van der Waals surface area contributed by atoms with Crippen LogP contribution in [0.4, 0.5) is 0 Å². The summed E-state index contributed by atoms with van der Waals surface area (Å²) in [5.74, 6) is -0.974. The highest BCUT2D eigenvalue weighted by Gasteiger charge is 2.25. The fourth-order valence-corrected chi connectivity index (χ4v) is 0.702. The summed E-state index contributed by atoms with van der Waals surface area (Å²) >= 11 is 0. The maximum Gasteiger partial charge on any atom is 0.529 e. The summed E-state index contributed by atoms with van der Waals surface area (Å²) in [6.07, 6.45) is 0. The van der Waals surface area contributed by atoms with Crippen LogP contribution in [0.15, 0.2) is 0 Å². The first-order valence-corrected chi connectivity index (χ1v) is 4.26. The smallest absolute Gasteiger partial charge is 0.369 e. The van der Waals surface area contributed by atoms with Crippen molar-refractivity contribution in [3.63, 3.8) is 0 Å². The Morgan fingerprint density at radius 3 is 2.45 bits per heavy atom. The highest BCUT2D eigenvalue weighted by molar-refractivity contribution is 7.48. The van der Waals surface area contributed by atoms with Gasteiger partial charge in [0.1, 0.15) is 6.04 Å². The third kappa shape index (κ3) is 4.10. The molecule has 66 valence electrons. The summed E-state index contributed by atoms with van der Waals surface area (Å²) in [7, 11) is -3.26. The molecule has 0 saturated heterocycles. The van der Waals surface area contributed by atoms with Crippen LogP contribution in [-0.4, -0.2) is 24.0 Å². The van der Waals surface area contributed by atoms with Crippen molar-refractivity contribution in [3.05, 3.63) is 0 Å². The lowest BCUT2D eigenvalue weighted by Gasteiger charge is -2.09. The van der Waals surface area contributed by atoms with Crippen molar-refractivity contribution >= 4 is 13.8 Å². The minimum atomic E-state index is -4.21. The zero-order valence-corrected chi connectivity index (χ0v) is 7.08. The van der Waals surface area contributed by atoms with Crippen LogP contribution >= 0.6 is 7.82 Å². The van der Waals surface area contributed by atoms with E-state index in [1.54, 1.807) is 0 Å². The largest absolute Gasteiger partial charge is 0.529 e. The number of carbonyl (C=O) groups is 1. The Hall–Kier alpha value is -0.420. The van der Waals surface area contributed by atoms with Gasteiger partial charge in [-0.15, -0.1) is 0 Å². The van der Waals surface area contributed by atoms with Crippen molar-refractivity contribution in [2.45, 2.75) is 13.0 Å². The van der Waals surface area contributed by atoms with E-state index in [2.05, 4.69) is 9.05 Å². The average Bonchev–Trinajstić information content (AvgIpc) is 1.87. The molecule has 0 radical (unpaired) electrons. The first-order chi connectivity index (χ1) is 4.89. The summed E-state index contributed by atoms with van der Waals surface area (Å²) < 4.78 is 18.5. The van der Waals surface area contributed by atoms with Crippen molar-refractivity contribution in [1.29, 1.82) is 0 Å².